The normalized spacial score (nSPS) is 13.8. The lowest BCUT2D eigenvalue weighted by Gasteiger charge is -2.10. The summed E-state index contributed by atoms with van der Waals surface area (Å²) in [5.74, 6) is 1.40. The number of nitrogens with zero attached hydrogens (tertiary/aromatic N) is 2. The van der Waals surface area contributed by atoms with Gasteiger partial charge in [0, 0.05) is 6.54 Å². The molecule has 0 fully saturated rings. The summed E-state index contributed by atoms with van der Waals surface area (Å²) in [5, 5.41) is 0. The highest BCUT2D eigenvalue weighted by Crippen LogP contribution is 2.28. The van der Waals surface area contributed by atoms with Crippen LogP contribution in [0, 0.1) is 0 Å². The zero-order valence-electron chi connectivity index (χ0n) is 12.7. The van der Waals surface area contributed by atoms with Gasteiger partial charge in [-0.2, -0.15) is 0 Å². The van der Waals surface area contributed by atoms with Crippen LogP contribution in [0.5, 0.6) is 11.5 Å². The first-order valence-electron chi connectivity index (χ1n) is 7.29. The maximum absolute atomic E-state index is 12.3. The number of benzene rings is 1. The highest BCUT2D eigenvalue weighted by molar-refractivity contribution is 7.07. The number of hydrogen-bond donors (Lipinski definition) is 0. The van der Waals surface area contributed by atoms with Gasteiger partial charge in [-0.15, -0.1) is 0 Å². The maximum Gasteiger partial charge on any atom is 0.270 e. The third-order valence-corrected chi connectivity index (χ3v) is 4.45. The first-order chi connectivity index (χ1) is 10.7. The van der Waals surface area contributed by atoms with E-state index < -0.39 is 0 Å². The molecule has 2 aromatic rings. The van der Waals surface area contributed by atoms with E-state index >= 15 is 0 Å². The monoisotopic (exact) mass is 318 g/mol. The summed E-state index contributed by atoms with van der Waals surface area (Å²) in [7, 11) is 1.62. The first-order valence-corrected chi connectivity index (χ1v) is 8.11. The molecule has 0 bridgehead atoms. The highest BCUT2D eigenvalue weighted by atomic mass is 32.1. The summed E-state index contributed by atoms with van der Waals surface area (Å²) in [4.78, 5) is 17.4. The molecular formula is C16H18N2O3S. The lowest BCUT2D eigenvalue weighted by atomic mass is 10.2. The van der Waals surface area contributed by atoms with Gasteiger partial charge >= 0.3 is 0 Å². The molecule has 5 nitrogen and oxygen atoms in total. The molecule has 22 heavy (non-hydrogen) atoms. The average Bonchev–Trinajstić information content (AvgIpc) is 3.10. The number of ether oxygens (including phenoxy) is 2. The van der Waals surface area contributed by atoms with E-state index in [-0.39, 0.29) is 5.56 Å². The van der Waals surface area contributed by atoms with Crippen LogP contribution in [-0.4, -0.2) is 24.8 Å². The molecule has 6 heteroatoms. The molecule has 0 atom stereocenters. The van der Waals surface area contributed by atoms with Gasteiger partial charge in [-0.1, -0.05) is 24.3 Å². The van der Waals surface area contributed by atoms with E-state index in [0.717, 1.165) is 22.5 Å². The second kappa shape index (κ2) is 6.36. The average molecular weight is 318 g/mol. The summed E-state index contributed by atoms with van der Waals surface area (Å²) >= 11 is 1.43. The van der Waals surface area contributed by atoms with E-state index in [1.54, 1.807) is 11.7 Å². The molecule has 116 valence electrons. The van der Waals surface area contributed by atoms with Crippen LogP contribution in [0.15, 0.2) is 28.0 Å². The van der Waals surface area contributed by atoms with Crippen molar-refractivity contribution >= 4 is 17.4 Å². The van der Waals surface area contributed by atoms with Crippen molar-refractivity contribution in [3.8, 4) is 11.5 Å². The van der Waals surface area contributed by atoms with Crippen molar-refractivity contribution < 1.29 is 9.47 Å². The SMILES string of the molecule is CCCOc1ccc(/C=c2/sc3n(c2=O)CCN=3)cc1OC. The van der Waals surface area contributed by atoms with Crippen molar-refractivity contribution in [3.63, 3.8) is 0 Å². The Bertz CT molecular complexity index is 851. The van der Waals surface area contributed by atoms with E-state index in [0.29, 0.717) is 30.0 Å². The van der Waals surface area contributed by atoms with Gasteiger partial charge in [0.15, 0.2) is 16.3 Å². The van der Waals surface area contributed by atoms with Crippen LogP contribution in [0.4, 0.5) is 0 Å². The molecule has 2 heterocycles. The second-order valence-corrected chi connectivity index (χ2v) is 6.00. The van der Waals surface area contributed by atoms with Gasteiger partial charge in [0.2, 0.25) is 0 Å². The molecule has 0 unspecified atom stereocenters. The Morgan fingerprint density at radius 3 is 3.00 bits per heavy atom. The predicted octanol–water partition coefficient (Wildman–Crippen LogP) is 1.17. The van der Waals surface area contributed by atoms with Crippen LogP contribution in [0.2, 0.25) is 0 Å². The number of aromatic nitrogens is 1. The minimum absolute atomic E-state index is 0.0338. The molecule has 3 rings (SSSR count). The lowest BCUT2D eigenvalue weighted by molar-refractivity contribution is 0.294. The Labute approximate surface area is 132 Å². The van der Waals surface area contributed by atoms with Gasteiger partial charge in [-0.25, -0.2) is 0 Å². The Kier molecular flexibility index (Phi) is 4.29. The Balaban J connectivity index is 1.99. The molecule has 0 aliphatic carbocycles. The van der Waals surface area contributed by atoms with Crippen LogP contribution in [0.25, 0.3) is 6.08 Å². The fourth-order valence-corrected chi connectivity index (χ4v) is 3.35. The number of fused-ring (bicyclic) bond motifs is 1. The van der Waals surface area contributed by atoms with E-state index in [1.807, 2.05) is 24.3 Å². The fraction of sp³-hybridized carbons (Fsp3) is 0.375. The number of methoxy groups -OCH3 is 1. The van der Waals surface area contributed by atoms with Gasteiger partial charge in [-0.3, -0.25) is 14.4 Å². The van der Waals surface area contributed by atoms with E-state index in [4.69, 9.17) is 9.47 Å². The molecule has 0 saturated carbocycles. The first kappa shape index (κ1) is 14.8. The minimum Gasteiger partial charge on any atom is -0.493 e. The van der Waals surface area contributed by atoms with Crippen molar-refractivity contribution in [2.75, 3.05) is 20.3 Å². The maximum atomic E-state index is 12.3. The van der Waals surface area contributed by atoms with Gasteiger partial charge in [0.25, 0.3) is 5.56 Å². The van der Waals surface area contributed by atoms with Crippen molar-refractivity contribution in [2.24, 2.45) is 4.99 Å². The lowest BCUT2D eigenvalue weighted by Crippen LogP contribution is -2.29. The van der Waals surface area contributed by atoms with E-state index in [2.05, 4.69) is 11.9 Å². The molecule has 1 aromatic carbocycles. The topological polar surface area (TPSA) is 52.8 Å². The van der Waals surface area contributed by atoms with Gasteiger partial charge in [0.1, 0.15) is 0 Å². The van der Waals surface area contributed by atoms with E-state index in [1.165, 1.54) is 11.3 Å². The number of rotatable bonds is 5. The Morgan fingerprint density at radius 1 is 1.41 bits per heavy atom. The predicted molar refractivity (Wildman–Crippen MR) is 86.6 cm³/mol. The molecule has 1 aliphatic rings. The third kappa shape index (κ3) is 2.78. The van der Waals surface area contributed by atoms with Gasteiger partial charge in [-0.05, 0) is 30.2 Å². The smallest absolute Gasteiger partial charge is 0.270 e. The van der Waals surface area contributed by atoms with Crippen molar-refractivity contribution in [3.05, 3.63) is 43.5 Å². The Hall–Kier alpha value is -2.08. The fourth-order valence-electron chi connectivity index (χ4n) is 2.33. The molecule has 0 N–H and O–H groups in total. The van der Waals surface area contributed by atoms with Crippen LogP contribution < -0.4 is 24.4 Å². The Morgan fingerprint density at radius 2 is 2.27 bits per heavy atom. The quantitative estimate of drug-likeness (QED) is 0.831. The van der Waals surface area contributed by atoms with Crippen LogP contribution in [0.3, 0.4) is 0 Å². The summed E-state index contributed by atoms with van der Waals surface area (Å²) in [6.45, 7) is 4.10. The largest absolute Gasteiger partial charge is 0.493 e. The van der Waals surface area contributed by atoms with Crippen molar-refractivity contribution in [2.45, 2.75) is 19.9 Å². The number of hydrogen-bond acceptors (Lipinski definition) is 5. The van der Waals surface area contributed by atoms with E-state index in [9.17, 15) is 4.79 Å². The molecule has 1 aromatic heterocycles. The van der Waals surface area contributed by atoms with Crippen LogP contribution >= 0.6 is 11.3 Å². The number of thiazole rings is 1. The standard InChI is InChI=1S/C16H18N2O3S/c1-3-8-21-12-5-4-11(9-13(12)20-2)10-14-15(19)18-7-6-17-16(18)22-14/h4-5,9-10H,3,6-8H2,1-2H3/b14-10+. The summed E-state index contributed by atoms with van der Waals surface area (Å²) in [5.41, 5.74) is 0.949. The summed E-state index contributed by atoms with van der Waals surface area (Å²) in [6.07, 6.45) is 2.82. The second-order valence-electron chi connectivity index (χ2n) is 4.99. The van der Waals surface area contributed by atoms with Crippen molar-refractivity contribution in [1.82, 2.24) is 4.57 Å². The summed E-state index contributed by atoms with van der Waals surface area (Å²) < 4.78 is 13.4. The molecule has 0 spiro atoms. The van der Waals surface area contributed by atoms with Gasteiger partial charge < -0.3 is 9.47 Å². The highest BCUT2D eigenvalue weighted by Gasteiger charge is 2.10. The molecule has 0 saturated heterocycles. The summed E-state index contributed by atoms with van der Waals surface area (Å²) in [6, 6.07) is 5.69. The zero-order valence-corrected chi connectivity index (χ0v) is 13.5. The zero-order chi connectivity index (χ0) is 15.5. The van der Waals surface area contributed by atoms with Gasteiger partial charge in [0.05, 0.1) is 24.8 Å². The third-order valence-electron chi connectivity index (χ3n) is 3.41. The van der Waals surface area contributed by atoms with Crippen molar-refractivity contribution in [1.29, 1.82) is 0 Å². The van der Waals surface area contributed by atoms with Crippen LogP contribution in [-0.2, 0) is 6.54 Å². The molecule has 1 aliphatic heterocycles. The minimum atomic E-state index is 0.0338. The molecule has 0 radical (unpaired) electrons. The van der Waals surface area contributed by atoms with Crippen LogP contribution in [0.1, 0.15) is 18.9 Å². The molecule has 0 amide bonds. The molecular weight excluding hydrogens is 300 g/mol.